The SMILES string of the molecule is COP(OC)(OC)=S1CCCSC1. The van der Waals surface area contributed by atoms with E-state index in [0.29, 0.717) is 0 Å². The first kappa shape index (κ1) is 12.1. The normalized spacial score (nSPS) is 24.7. The molecule has 6 heteroatoms. The number of hydrogen-bond acceptors (Lipinski definition) is 4. The van der Waals surface area contributed by atoms with Gasteiger partial charge in [-0.25, -0.2) is 0 Å². The van der Waals surface area contributed by atoms with Crippen molar-refractivity contribution in [3.63, 3.8) is 0 Å². The van der Waals surface area contributed by atoms with E-state index in [-0.39, 0.29) is 10.1 Å². The van der Waals surface area contributed by atoms with Crippen molar-refractivity contribution in [1.29, 1.82) is 0 Å². The maximum atomic E-state index is 5.44. The van der Waals surface area contributed by atoms with Gasteiger partial charge in [-0.2, -0.15) is 11.8 Å². The molecule has 0 aromatic carbocycles. The van der Waals surface area contributed by atoms with E-state index in [2.05, 4.69) is 0 Å². The maximum absolute atomic E-state index is 5.44. The van der Waals surface area contributed by atoms with Crippen molar-refractivity contribution in [2.75, 3.05) is 37.9 Å². The summed E-state index contributed by atoms with van der Waals surface area (Å²) in [5.74, 6) is 2.46. The Morgan fingerprint density at radius 3 is 2.15 bits per heavy atom. The van der Waals surface area contributed by atoms with Gasteiger partial charge in [0.25, 0.3) is 6.72 Å². The maximum Gasteiger partial charge on any atom is 0.285 e. The minimum absolute atomic E-state index is 0.166. The molecular formula is C7H17O3PS2. The van der Waals surface area contributed by atoms with Crippen molar-refractivity contribution >= 4 is 28.6 Å². The van der Waals surface area contributed by atoms with Crippen molar-refractivity contribution in [1.82, 2.24) is 0 Å². The van der Waals surface area contributed by atoms with Crippen LogP contribution in [0.15, 0.2) is 0 Å². The molecule has 1 aliphatic rings. The summed E-state index contributed by atoms with van der Waals surface area (Å²) in [6, 6.07) is 0. The molecule has 1 unspecified atom stereocenters. The molecule has 0 radical (unpaired) electrons. The average Bonchev–Trinajstić information content (AvgIpc) is 2.23. The van der Waals surface area contributed by atoms with Gasteiger partial charge in [0.2, 0.25) is 0 Å². The lowest BCUT2D eigenvalue weighted by Gasteiger charge is -2.27. The fourth-order valence-electron chi connectivity index (χ4n) is 1.26. The molecule has 1 aliphatic heterocycles. The average molecular weight is 244 g/mol. The first-order valence-electron chi connectivity index (χ1n) is 4.11. The van der Waals surface area contributed by atoms with Crippen LogP contribution in [0.25, 0.3) is 0 Å². The molecule has 1 heterocycles. The smallest absolute Gasteiger partial charge is 0.285 e. The highest BCUT2D eigenvalue weighted by atomic mass is 32.5. The Kier molecular flexibility index (Phi) is 5.38. The first-order valence-corrected chi connectivity index (χ1v) is 8.98. The standard InChI is InChI=1S/C7H17O3PS2/c1-8-11(9-2,10-3)13-6-4-5-12-7-13/h4-7H2,1-3H3. The molecule has 1 saturated heterocycles. The van der Waals surface area contributed by atoms with Crippen LogP contribution in [0, 0.1) is 0 Å². The second kappa shape index (κ2) is 5.79. The van der Waals surface area contributed by atoms with E-state index in [1.165, 1.54) is 17.9 Å². The highest BCUT2D eigenvalue weighted by Gasteiger charge is 2.23. The van der Waals surface area contributed by atoms with Crippen LogP contribution in [0.1, 0.15) is 6.42 Å². The van der Waals surface area contributed by atoms with Gasteiger partial charge in [0, 0.05) is 26.4 Å². The summed E-state index contributed by atoms with van der Waals surface area (Å²) in [5.41, 5.74) is 0. The highest BCUT2D eigenvalue weighted by Crippen LogP contribution is 2.54. The number of hydrogen-bond donors (Lipinski definition) is 0. The third-order valence-electron chi connectivity index (χ3n) is 1.88. The molecule has 0 saturated carbocycles. The molecule has 1 atom stereocenters. The van der Waals surface area contributed by atoms with Crippen molar-refractivity contribution in [3.05, 3.63) is 0 Å². The van der Waals surface area contributed by atoms with Gasteiger partial charge in [-0.3, -0.25) is 0 Å². The van der Waals surface area contributed by atoms with E-state index in [4.69, 9.17) is 13.6 Å². The van der Waals surface area contributed by atoms with Gasteiger partial charge in [-0.15, -0.1) is 10.1 Å². The number of rotatable bonds is 3. The minimum Gasteiger partial charge on any atom is -0.316 e. The van der Waals surface area contributed by atoms with Crippen molar-refractivity contribution in [2.45, 2.75) is 6.42 Å². The van der Waals surface area contributed by atoms with Crippen LogP contribution in [0.3, 0.4) is 0 Å². The Hall–Kier alpha value is 1.01. The van der Waals surface area contributed by atoms with E-state index >= 15 is 0 Å². The van der Waals surface area contributed by atoms with E-state index in [1.54, 1.807) is 21.3 Å². The second-order valence-corrected chi connectivity index (χ2v) is 10.5. The second-order valence-electron chi connectivity index (χ2n) is 2.54. The lowest BCUT2D eigenvalue weighted by Crippen LogP contribution is -2.12. The van der Waals surface area contributed by atoms with E-state index < -0.39 is 6.72 Å². The Bertz CT molecular complexity index is 193. The molecule has 1 rings (SSSR count). The van der Waals surface area contributed by atoms with E-state index in [0.717, 1.165) is 5.08 Å². The van der Waals surface area contributed by atoms with Gasteiger partial charge in [0.1, 0.15) is 0 Å². The summed E-state index contributed by atoms with van der Waals surface area (Å²) in [7, 11) is 5.23. The predicted molar refractivity (Wildman–Crippen MR) is 62.1 cm³/mol. The third kappa shape index (κ3) is 2.74. The zero-order valence-electron chi connectivity index (χ0n) is 8.32. The molecule has 0 amide bonds. The van der Waals surface area contributed by atoms with Gasteiger partial charge >= 0.3 is 0 Å². The fraction of sp³-hybridized carbons (Fsp3) is 1.00. The van der Waals surface area contributed by atoms with E-state index in [9.17, 15) is 0 Å². The molecular weight excluding hydrogens is 227 g/mol. The lowest BCUT2D eigenvalue weighted by molar-refractivity contribution is 0.235. The molecule has 1 fully saturated rings. The molecule has 13 heavy (non-hydrogen) atoms. The van der Waals surface area contributed by atoms with Crippen LogP contribution < -0.4 is 0 Å². The largest absolute Gasteiger partial charge is 0.316 e. The van der Waals surface area contributed by atoms with Gasteiger partial charge in [-0.1, -0.05) is 0 Å². The molecule has 80 valence electrons. The monoisotopic (exact) mass is 244 g/mol. The van der Waals surface area contributed by atoms with Crippen molar-refractivity contribution in [2.24, 2.45) is 0 Å². The fourth-order valence-corrected chi connectivity index (χ4v) is 10.6. The minimum atomic E-state index is -2.01. The van der Waals surface area contributed by atoms with Crippen LogP contribution >= 0.6 is 18.5 Å². The summed E-state index contributed by atoms with van der Waals surface area (Å²) in [5, 5.41) is 1.13. The van der Waals surface area contributed by atoms with Gasteiger partial charge in [-0.05, 0) is 17.9 Å². The first-order chi connectivity index (χ1) is 6.29. The molecule has 0 spiro atoms. The Labute approximate surface area is 86.7 Å². The van der Waals surface area contributed by atoms with E-state index in [1.807, 2.05) is 11.8 Å². The highest BCUT2D eigenvalue weighted by molar-refractivity contribution is 8.33. The molecule has 0 aliphatic carbocycles. The summed E-state index contributed by atoms with van der Waals surface area (Å²) < 4.78 is 16.3. The Morgan fingerprint density at radius 2 is 1.77 bits per heavy atom. The van der Waals surface area contributed by atoms with Crippen LogP contribution in [0.5, 0.6) is 0 Å². The summed E-state index contributed by atoms with van der Waals surface area (Å²) in [6.07, 6.45) is 1.26. The van der Waals surface area contributed by atoms with Gasteiger partial charge in [0.05, 0.1) is 0 Å². The summed E-state index contributed by atoms with van der Waals surface area (Å²) in [4.78, 5) is 0. The van der Waals surface area contributed by atoms with Crippen LogP contribution in [0.2, 0.25) is 0 Å². The van der Waals surface area contributed by atoms with Gasteiger partial charge in [0.15, 0.2) is 0 Å². The molecule has 0 aromatic rings. The zero-order valence-corrected chi connectivity index (χ0v) is 10.8. The third-order valence-corrected chi connectivity index (χ3v) is 11.7. The van der Waals surface area contributed by atoms with Crippen LogP contribution in [-0.4, -0.2) is 37.9 Å². The van der Waals surface area contributed by atoms with Crippen LogP contribution in [-0.2, 0) is 23.6 Å². The summed E-state index contributed by atoms with van der Waals surface area (Å²) >= 11 is 1.98. The topological polar surface area (TPSA) is 27.7 Å². The molecule has 0 N–H and O–H groups in total. The summed E-state index contributed by atoms with van der Waals surface area (Å²) in [6.45, 7) is -2.01. The molecule has 0 bridgehead atoms. The van der Waals surface area contributed by atoms with Crippen molar-refractivity contribution < 1.29 is 13.6 Å². The Morgan fingerprint density at radius 1 is 1.15 bits per heavy atom. The lowest BCUT2D eigenvalue weighted by atomic mass is 10.6. The zero-order chi connectivity index (χ0) is 9.73. The molecule has 3 nitrogen and oxygen atoms in total. The Balaban J connectivity index is 2.91. The predicted octanol–water partition coefficient (Wildman–Crippen LogP) is 2.32. The van der Waals surface area contributed by atoms with Crippen molar-refractivity contribution in [3.8, 4) is 0 Å². The quantitative estimate of drug-likeness (QED) is 0.712. The number of thioether (sulfide) groups is 1. The van der Waals surface area contributed by atoms with Gasteiger partial charge < -0.3 is 13.6 Å². The van der Waals surface area contributed by atoms with Crippen LogP contribution in [0.4, 0.5) is 0 Å². The molecule has 0 aromatic heterocycles.